The van der Waals surface area contributed by atoms with Crippen molar-refractivity contribution in [3.8, 4) is 40.6 Å². The average Bonchev–Trinajstić information content (AvgIpc) is 4.09. The largest absolute Gasteiger partial charge is 0.487 e. The molecule has 5 aliphatic heterocycles. The van der Waals surface area contributed by atoms with Gasteiger partial charge >= 0.3 is 11.9 Å². The molecule has 5 aromatic rings. The van der Waals surface area contributed by atoms with Gasteiger partial charge < -0.3 is 89.9 Å². The third kappa shape index (κ3) is 6.60. The van der Waals surface area contributed by atoms with Gasteiger partial charge in [0.25, 0.3) is 0 Å². The van der Waals surface area contributed by atoms with E-state index in [0.29, 0.717) is 58.7 Å². The van der Waals surface area contributed by atoms with Crippen LogP contribution in [0.2, 0.25) is 0 Å². The Hall–Kier alpha value is -6.38. The number of H-pyrrole nitrogens is 1. The first-order valence-electron chi connectivity index (χ1n) is 24.7. The minimum atomic E-state index is -2.30. The smallest absolute Gasteiger partial charge is 0.317 e. The molecule has 5 fully saturated rings. The van der Waals surface area contributed by atoms with Crippen molar-refractivity contribution in [1.82, 2.24) is 9.55 Å². The Balaban J connectivity index is 1.06. The number of aromatic amines is 1. The van der Waals surface area contributed by atoms with E-state index in [1.807, 2.05) is 53.2 Å². The van der Waals surface area contributed by atoms with Crippen molar-refractivity contribution < 1.29 is 78.5 Å². The summed E-state index contributed by atoms with van der Waals surface area (Å²) in [7, 11) is 0. The van der Waals surface area contributed by atoms with E-state index in [4.69, 9.17) is 44.6 Å². The highest BCUT2D eigenvalue weighted by molar-refractivity contribution is 5.90. The van der Waals surface area contributed by atoms with Gasteiger partial charge in [-0.3, -0.25) is 9.59 Å². The molecule has 9 aliphatic rings. The number of nitrogens with zero attached hydrogens (tertiary/aromatic N) is 1. The number of benzene rings is 3. The molecular formula is C53H54N4O16. The van der Waals surface area contributed by atoms with Gasteiger partial charge in [-0.1, -0.05) is 48.2 Å². The SMILES string of the molecule is NC(N)[C@H](OC(=O)CC(=O)O)[C@H]1O[C@H]2Oc3cc4c(c(Cn5cc6cc[nH]c6c5CO)c3[C@@H]3[C@@H]5CC[C@@H]6[C@H]3[C@@]2(O)[C@@H](O)[C@@]1(O)[C@@H]6C5)[C@@H]1Oc2c3ccc(OCO)c2OC[C@H](O)C#C[C@@H](c2ccccc2)[C@H](O4)[C@@H]31. The normalized spacial score (nSPS) is 34.9. The molecule has 4 aliphatic carbocycles. The first-order chi connectivity index (χ1) is 35.2. The maximum Gasteiger partial charge on any atom is 0.317 e. The molecule has 2 aromatic heterocycles. The van der Waals surface area contributed by atoms with E-state index in [-0.39, 0.29) is 42.9 Å². The molecule has 10 bridgehead atoms. The van der Waals surface area contributed by atoms with Crippen LogP contribution in [0.1, 0.15) is 83.1 Å². The number of aliphatic hydroxyl groups excluding tert-OH is 4. The van der Waals surface area contributed by atoms with Crippen LogP contribution in [-0.2, 0) is 32.2 Å². The maximum atomic E-state index is 13.5. The predicted molar refractivity (Wildman–Crippen MR) is 251 cm³/mol. The Morgan fingerprint density at radius 2 is 1.75 bits per heavy atom. The van der Waals surface area contributed by atoms with E-state index in [9.17, 15) is 45.3 Å². The zero-order valence-electron chi connectivity index (χ0n) is 39.1. The molecule has 14 rings (SSSR count). The van der Waals surface area contributed by atoms with E-state index in [0.717, 1.165) is 16.5 Å². The number of carbonyl (C=O) groups excluding carboxylic acids is 1. The number of aliphatic carboxylic acids is 1. The molecular weight excluding hydrogens is 949 g/mol. The van der Waals surface area contributed by atoms with Gasteiger partial charge in [0, 0.05) is 53.0 Å². The second-order valence-electron chi connectivity index (χ2n) is 20.8. The van der Waals surface area contributed by atoms with Crippen LogP contribution >= 0.6 is 0 Å². The van der Waals surface area contributed by atoms with Gasteiger partial charge in [-0.25, -0.2) is 0 Å². The van der Waals surface area contributed by atoms with Crippen LogP contribution in [0.4, 0.5) is 0 Å². The summed E-state index contributed by atoms with van der Waals surface area (Å²) in [5.74, 6) is 0.791. The number of esters is 1. The fourth-order valence-electron chi connectivity index (χ4n) is 14.6. The molecule has 20 nitrogen and oxygen atoms in total. The van der Waals surface area contributed by atoms with Gasteiger partial charge in [0.2, 0.25) is 12.0 Å². The summed E-state index contributed by atoms with van der Waals surface area (Å²) in [6, 6.07) is 16.7. The number of rotatable bonds is 11. The molecule has 1 saturated heterocycles. The number of hydrogen-bond acceptors (Lipinski definition) is 17. The Labute approximate surface area is 416 Å². The third-order valence-electron chi connectivity index (χ3n) is 17.3. The lowest BCUT2D eigenvalue weighted by molar-refractivity contribution is -0.419. The van der Waals surface area contributed by atoms with Crippen LogP contribution in [0.25, 0.3) is 10.9 Å². The molecule has 16 atom stereocenters. The predicted octanol–water partition coefficient (Wildman–Crippen LogP) is 1.69. The number of aliphatic hydroxyl groups is 6. The molecule has 382 valence electrons. The zero-order valence-corrected chi connectivity index (χ0v) is 39.1. The fraction of sp³-hybridized carbons (Fsp3) is 0.472. The van der Waals surface area contributed by atoms with Crippen molar-refractivity contribution in [3.63, 3.8) is 0 Å². The number of carboxylic acid groups (broad SMARTS) is 1. The summed E-state index contributed by atoms with van der Waals surface area (Å²) < 4.78 is 47.8. The van der Waals surface area contributed by atoms with Crippen molar-refractivity contribution >= 4 is 22.8 Å². The van der Waals surface area contributed by atoms with Crippen molar-refractivity contribution in [3.05, 3.63) is 101 Å². The minimum Gasteiger partial charge on any atom is -0.487 e. The number of nitrogens with one attached hydrogen (secondary N) is 1. The molecule has 4 saturated carbocycles. The van der Waals surface area contributed by atoms with Gasteiger partial charge in [-0.2, -0.15) is 0 Å². The molecule has 3 aromatic carbocycles. The fourth-order valence-corrected chi connectivity index (χ4v) is 14.6. The number of nitrogens with two attached hydrogens (primary N) is 2. The molecule has 73 heavy (non-hydrogen) atoms. The maximum absolute atomic E-state index is 13.5. The van der Waals surface area contributed by atoms with Gasteiger partial charge in [0.1, 0.15) is 60.6 Å². The highest BCUT2D eigenvalue weighted by Crippen LogP contribution is 2.72. The molecule has 0 amide bonds. The van der Waals surface area contributed by atoms with Crippen LogP contribution in [0.15, 0.2) is 67.0 Å². The average molecular weight is 1000 g/mol. The van der Waals surface area contributed by atoms with E-state index in [1.54, 1.807) is 18.3 Å². The standard InChI is InChI=1S/C53H54N4O16/c54-49(55)47(71-36(63)16-35(61)62)48-52(65)30-14-23-6-8-27(30)41-37(23)38-29(18-57-17-24-12-13-56-42(24)31(57)19-58)39-34(15-33(38)70-51(73-48)53(41,66)50(52)64)69-43-26(22-4-2-1-3-5-22)9-7-25(60)20-67-45-32(68-21-59)11-10-28-40(43)46(39)72-44(28)45/h1-5,10-13,15,17,23,25-27,30,37,40-41,43,46-51,56,58-60,64-66H,6,8,14,16,18-21,54-55H2,(H,61,62)/t23-,25-,26+,27+,30-,37+,40-,41-,43+,46+,47-,48-,50+,51-,52-,53-/m1/s1. The second kappa shape index (κ2) is 16.8. The number of ether oxygens (including phenoxy) is 7. The lowest BCUT2D eigenvalue weighted by Crippen LogP contribution is -2.86. The van der Waals surface area contributed by atoms with Crippen molar-refractivity contribution in [2.24, 2.45) is 35.1 Å². The quantitative estimate of drug-likeness (QED) is 0.0390. The monoisotopic (exact) mass is 1000 g/mol. The molecule has 0 spiro atoms. The van der Waals surface area contributed by atoms with Crippen LogP contribution in [0, 0.1) is 35.5 Å². The van der Waals surface area contributed by atoms with E-state index < -0.39 is 121 Å². The highest BCUT2D eigenvalue weighted by atomic mass is 16.7. The van der Waals surface area contributed by atoms with Gasteiger partial charge in [-0.15, -0.1) is 0 Å². The number of carbonyl (C=O) groups is 2. The van der Waals surface area contributed by atoms with Crippen LogP contribution in [-0.4, -0.2) is 125 Å². The van der Waals surface area contributed by atoms with Crippen LogP contribution < -0.4 is 35.2 Å². The lowest BCUT2D eigenvalue weighted by atomic mass is 9.40. The third-order valence-corrected chi connectivity index (χ3v) is 17.3. The summed E-state index contributed by atoms with van der Waals surface area (Å²) in [5.41, 5.74) is 12.8. The summed E-state index contributed by atoms with van der Waals surface area (Å²) in [5, 5.41) is 81.9. The number of hydrogen-bond donors (Lipinski definition) is 10. The Morgan fingerprint density at radius 3 is 2.52 bits per heavy atom. The molecule has 20 heteroatoms. The van der Waals surface area contributed by atoms with Gasteiger partial charge in [0.15, 0.2) is 30.0 Å². The van der Waals surface area contributed by atoms with Crippen LogP contribution in [0.5, 0.6) is 28.7 Å². The highest BCUT2D eigenvalue weighted by Gasteiger charge is 2.80. The number of carboxylic acids is 1. The summed E-state index contributed by atoms with van der Waals surface area (Å²) in [6.45, 7) is -1.14. The topological polar surface area (TPSA) is 313 Å². The van der Waals surface area contributed by atoms with Crippen LogP contribution in [0.3, 0.4) is 0 Å². The van der Waals surface area contributed by atoms with E-state index in [2.05, 4.69) is 16.8 Å². The number of aromatic nitrogens is 2. The molecule has 0 radical (unpaired) electrons. The Kier molecular flexibility index (Phi) is 10.7. The second-order valence-corrected chi connectivity index (χ2v) is 20.8. The Bertz CT molecular complexity index is 3130. The minimum absolute atomic E-state index is 0.118. The summed E-state index contributed by atoms with van der Waals surface area (Å²) in [4.78, 5) is 27.9. The lowest BCUT2D eigenvalue weighted by Gasteiger charge is -2.70. The van der Waals surface area contributed by atoms with E-state index in [1.165, 1.54) is 0 Å². The first kappa shape index (κ1) is 46.4. The molecule has 0 unspecified atom stereocenters. The summed E-state index contributed by atoms with van der Waals surface area (Å²) in [6.07, 6.45) is -7.36. The van der Waals surface area contributed by atoms with Gasteiger partial charge in [-0.05, 0) is 66.2 Å². The molecule has 7 heterocycles. The zero-order chi connectivity index (χ0) is 50.4. The van der Waals surface area contributed by atoms with Gasteiger partial charge in [0.05, 0.1) is 35.8 Å². The van der Waals surface area contributed by atoms with E-state index >= 15 is 0 Å². The van der Waals surface area contributed by atoms with Crippen molar-refractivity contribution in [2.45, 2.75) is 117 Å². The number of fused-ring (bicyclic) bond motifs is 6. The Morgan fingerprint density at radius 1 is 0.945 bits per heavy atom. The van der Waals surface area contributed by atoms with Crippen molar-refractivity contribution in [1.29, 1.82) is 0 Å². The van der Waals surface area contributed by atoms with Crippen molar-refractivity contribution in [2.75, 3.05) is 13.4 Å². The summed E-state index contributed by atoms with van der Waals surface area (Å²) >= 11 is 0. The first-order valence-corrected chi connectivity index (χ1v) is 24.7. The molecule has 12 N–H and O–H groups in total.